The van der Waals surface area contributed by atoms with Crippen LogP contribution >= 0.6 is 11.6 Å². The molecule has 2 atom stereocenters. The average molecular weight is 457 g/mol. The molecule has 2 N–H and O–H groups in total. The van der Waals surface area contributed by atoms with Crippen LogP contribution in [0.2, 0.25) is 5.02 Å². The van der Waals surface area contributed by atoms with E-state index in [-0.39, 0.29) is 24.4 Å². The number of hydrogen-bond donors (Lipinski definition) is 2. The van der Waals surface area contributed by atoms with Gasteiger partial charge in [-0.25, -0.2) is 4.98 Å². The fraction of sp³-hybridized carbons (Fsp3) is 0.435. The highest BCUT2D eigenvalue weighted by Crippen LogP contribution is 2.37. The van der Waals surface area contributed by atoms with E-state index in [4.69, 9.17) is 21.1 Å². The summed E-state index contributed by atoms with van der Waals surface area (Å²) in [6.07, 6.45) is 4.21. The van der Waals surface area contributed by atoms with E-state index in [1.165, 1.54) is 0 Å². The number of ether oxygens (including phenoxy) is 2. The molecule has 8 nitrogen and oxygen atoms in total. The summed E-state index contributed by atoms with van der Waals surface area (Å²) in [6, 6.07) is 9.14. The smallest absolute Gasteiger partial charge is 0.261 e. The Bertz CT molecular complexity index is 1140. The molecular formula is C23H25ClN4O4. The quantitative estimate of drug-likeness (QED) is 0.622. The summed E-state index contributed by atoms with van der Waals surface area (Å²) in [6.45, 7) is 0. The van der Waals surface area contributed by atoms with Crippen LogP contribution in [0.15, 0.2) is 36.5 Å². The van der Waals surface area contributed by atoms with Crippen LogP contribution in [0, 0.1) is 0 Å². The largest absolute Gasteiger partial charge is 0.481 e. The van der Waals surface area contributed by atoms with Crippen LogP contribution in [0.1, 0.15) is 49.8 Å². The van der Waals surface area contributed by atoms with Gasteiger partial charge >= 0.3 is 0 Å². The third-order valence-electron chi connectivity index (χ3n) is 6.31. The van der Waals surface area contributed by atoms with Crippen LogP contribution in [0.3, 0.4) is 0 Å². The molecule has 0 spiro atoms. The lowest BCUT2D eigenvalue weighted by molar-refractivity contribution is -0.131. The third kappa shape index (κ3) is 4.12. The normalized spacial score (nSPS) is 25.1. The minimum atomic E-state index is -0.773. The van der Waals surface area contributed by atoms with E-state index in [1.54, 1.807) is 25.3 Å². The maximum atomic E-state index is 12.8. The summed E-state index contributed by atoms with van der Waals surface area (Å²) in [5.74, 6) is 0.895. The Morgan fingerprint density at radius 2 is 2.03 bits per heavy atom. The Labute approximate surface area is 190 Å². The van der Waals surface area contributed by atoms with Crippen molar-refractivity contribution in [3.63, 3.8) is 0 Å². The molecule has 0 bridgehead atoms. The molecular weight excluding hydrogens is 432 g/mol. The molecule has 1 aliphatic carbocycles. The monoisotopic (exact) mass is 456 g/mol. The zero-order chi connectivity index (χ0) is 22.2. The van der Waals surface area contributed by atoms with Gasteiger partial charge in [0.25, 0.3) is 5.91 Å². The second-order valence-corrected chi connectivity index (χ2v) is 8.86. The van der Waals surface area contributed by atoms with Crippen molar-refractivity contribution in [1.29, 1.82) is 0 Å². The van der Waals surface area contributed by atoms with Gasteiger partial charge in [0, 0.05) is 29.1 Å². The molecule has 1 saturated carbocycles. The first-order valence-electron chi connectivity index (χ1n) is 10.8. The van der Waals surface area contributed by atoms with Gasteiger partial charge in [-0.1, -0.05) is 11.6 Å². The van der Waals surface area contributed by atoms with E-state index in [0.717, 1.165) is 36.7 Å². The molecule has 3 heterocycles. The van der Waals surface area contributed by atoms with Crippen molar-refractivity contribution in [3.05, 3.63) is 47.1 Å². The van der Waals surface area contributed by atoms with Crippen molar-refractivity contribution >= 4 is 28.5 Å². The fourth-order valence-corrected chi connectivity index (χ4v) is 4.75. The number of amides is 1. The topological polar surface area (TPSA) is 98.5 Å². The van der Waals surface area contributed by atoms with Crippen molar-refractivity contribution < 1.29 is 19.4 Å². The molecule has 0 radical (unpaired) electrons. The molecule has 9 heteroatoms. The van der Waals surface area contributed by atoms with Crippen LogP contribution in [0.4, 0.5) is 0 Å². The number of carbonyl (C=O) groups is 1. The number of aliphatic hydroxyl groups is 1. The van der Waals surface area contributed by atoms with Gasteiger partial charge in [0.1, 0.15) is 16.8 Å². The van der Waals surface area contributed by atoms with E-state index in [1.807, 2.05) is 23.0 Å². The minimum absolute atomic E-state index is 0.0781. The number of nitrogens with zero attached hydrogens (tertiary/aromatic N) is 3. The van der Waals surface area contributed by atoms with Gasteiger partial charge in [-0.15, -0.1) is 0 Å². The van der Waals surface area contributed by atoms with Gasteiger partial charge in [0.2, 0.25) is 5.88 Å². The van der Waals surface area contributed by atoms with E-state index in [0.29, 0.717) is 22.2 Å². The molecule has 2 aromatic heterocycles. The van der Waals surface area contributed by atoms with Gasteiger partial charge in [-0.05, 0) is 49.9 Å². The number of nitrogens with one attached hydrogen (secondary N) is 1. The lowest BCUT2D eigenvalue weighted by atomic mass is 9.91. The van der Waals surface area contributed by atoms with Gasteiger partial charge in [0.05, 0.1) is 25.5 Å². The maximum Gasteiger partial charge on any atom is 0.261 e. The predicted molar refractivity (Wildman–Crippen MR) is 119 cm³/mol. The molecule has 32 heavy (non-hydrogen) atoms. The SMILES string of the molecule is COc1ccc2nn(C3CCC(NC(=O)[C@H]4C[C@@H](O)c5cc(Cl)ccc5O4)CC3)cc2n1. The number of rotatable bonds is 4. The Morgan fingerprint density at radius 1 is 1.22 bits per heavy atom. The van der Waals surface area contributed by atoms with Crippen LogP contribution in [-0.4, -0.2) is 45.0 Å². The highest BCUT2D eigenvalue weighted by Gasteiger charge is 2.33. The lowest BCUT2D eigenvalue weighted by Gasteiger charge is -2.32. The molecule has 0 unspecified atom stereocenters. The number of fused-ring (bicyclic) bond motifs is 2. The summed E-state index contributed by atoms with van der Waals surface area (Å²) < 4.78 is 13.0. The molecule has 1 aliphatic heterocycles. The molecule has 168 valence electrons. The van der Waals surface area contributed by atoms with Gasteiger partial charge in [0.15, 0.2) is 6.10 Å². The predicted octanol–water partition coefficient (Wildman–Crippen LogP) is 3.58. The van der Waals surface area contributed by atoms with Crippen molar-refractivity contribution in [2.24, 2.45) is 0 Å². The first-order chi connectivity index (χ1) is 15.5. The van der Waals surface area contributed by atoms with Gasteiger partial charge in [-0.2, -0.15) is 5.10 Å². The molecule has 1 amide bonds. The Hall–Kier alpha value is -2.84. The highest BCUT2D eigenvalue weighted by atomic mass is 35.5. The van der Waals surface area contributed by atoms with E-state index in [9.17, 15) is 9.90 Å². The summed E-state index contributed by atoms with van der Waals surface area (Å²) >= 11 is 6.00. The van der Waals surface area contributed by atoms with Gasteiger partial charge < -0.3 is 19.9 Å². The van der Waals surface area contributed by atoms with E-state index < -0.39 is 12.2 Å². The van der Waals surface area contributed by atoms with Gasteiger partial charge in [-0.3, -0.25) is 9.48 Å². The number of pyridine rings is 1. The molecule has 3 aromatic rings. The van der Waals surface area contributed by atoms with Crippen LogP contribution in [0.5, 0.6) is 11.6 Å². The van der Waals surface area contributed by atoms with Crippen LogP contribution in [0.25, 0.3) is 11.0 Å². The summed E-state index contributed by atoms with van der Waals surface area (Å²) in [4.78, 5) is 17.2. The first-order valence-corrected chi connectivity index (χ1v) is 11.2. The average Bonchev–Trinajstić information content (AvgIpc) is 3.23. The number of aromatic nitrogens is 3. The standard InChI is InChI=1S/C23H25ClN4O4/c1-31-22-9-7-17-18(26-22)12-28(27-17)15-5-3-14(4-6-15)25-23(30)21-11-19(29)16-10-13(24)2-8-20(16)32-21/h2,7-10,12,14-15,19,21,29H,3-6,11H2,1H3,(H,25,30)/t14?,15?,19-,21-/m1/s1. The Kier molecular flexibility index (Phi) is 5.65. The number of halogens is 1. The molecule has 0 saturated heterocycles. The third-order valence-corrected chi connectivity index (χ3v) is 6.55. The molecule has 5 rings (SSSR count). The zero-order valence-electron chi connectivity index (χ0n) is 17.7. The number of aliphatic hydroxyl groups excluding tert-OH is 1. The van der Waals surface area contributed by atoms with E-state index in [2.05, 4.69) is 15.4 Å². The second kappa shape index (κ2) is 8.60. The maximum absolute atomic E-state index is 12.8. The molecule has 1 fully saturated rings. The number of hydrogen-bond acceptors (Lipinski definition) is 6. The summed E-state index contributed by atoms with van der Waals surface area (Å²) in [7, 11) is 1.60. The van der Waals surface area contributed by atoms with Crippen molar-refractivity contribution in [3.8, 4) is 11.6 Å². The zero-order valence-corrected chi connectivity index (χ0v) is 18.5. The minimum Gasteiger partial charge on any atom is -0.481 e. The van der Waals surface area contributed by atoms with Crippen LogP contribution < -0.4 is 14.8 Å². The van der Waals surface area contributed by atoms with Crippen molar-refractivity contribution in [2.75, 3.05) is 7.11 Å². The summed E-state index contributed by atoms with van der Waals surface area (Å²) in [5, 5.41) is 18.7. The fourth-order valence-electron chi connectivity index (χ4n) is 4.57. The van der Waals surface area contributed by atoms with Crippen molar-refractivity contribution in [1.82, 2.24) is 20.1 Å². The summed E-state index contributed by atoms with van der Waals surface area (Å²) in [5.41, 5.74) is 2.28. The Balaban J connectivity index is 1.18. The Morgan fingerprint density at radius 3 is 2.81 bits per heavy atom. The molecule has 2 aliphatic rings. The number of benzene rings is 1. The number of carbonyl (C=O) groups excluding carboxylic acids is 1. The van der Waals surface area contributed by atoms with Crippen molar-refractivity contribution in [2.45, 2.75) is 56.4 Å². The second-order valence-electron chi connectivity index (χ2n) is 8.42. The number of methoxy groups -OCH3 is 1. The highest BCUT2D eigenvalue weighted by molar-refractivity contribution is 6.30. The molecule has 1 aromatic carbocycles. The first kappa shape index (κ1) is 21.0. The lowest BCUT2D eigenvalue weighted by Crippen LogP contribution is -2.46. The van der Waals surface area contributed by atoms with Crippen LogP contribution in [-0.2, 0) is 4.79 Å². The van der Waals surface area contributed by atoms with E-state index >= 15 is 0 Å².